The summed E-state index contributed by atoms with van der Waals surface area (Å²) in [6, 6.07) is 3.20. The van der Waals surface area contributed by atoms with E-state index in [9.17, 15) is 9.50 Å². The molecule has 0 saturated heterocycles. The van der Waals surface area contributed by atoms with Gasteiger partial charge in [0.15, 0.2) is 0 Å². The van der Waals surface area contributed by atoms with Crippen LogP contribution < -0.4 is 5.73 Å². The lowest BCUT2D eigenvalue weighted by molar-refractivity contribution is 0.280. The third-order valence-electron chi connectivity index (χ3n) is 4.04. The van der Waals surface area contributed by atoms with Gasteiger partial charge in [-0.3, -0.25) is 0 Å². The Morgan fingerprint density at radius 1 is 1.29 bits per heavy atom. The van der Waals surface area contributed by atoms with E-state index in [0.717, 1.165) is 25.7 Å². The fourth-order valence-corrected chi connectivity index (χ4v) is 2.96. The smallest absolute Gasteiger partial charge is 0.133 e. The minimum absolute atomic E-state index is 0.0560. The first-order valence-electron chi connectivity index (χ1n) is 6.29. The van der Waals surface area contributed by atoms with E-state index in [2.05, 4.69) is 0 Å². The molecular weight excluding hydrogens is 217 g/mol. The van der Waals surface area contributed by atoms with Gasteiger partial charge in [-0.1, -0.05) is 25.3 Å². The van der Waals surface area contributed by atoms with Crippen molar-refractivity contribution in [3.63, 3.8) is 0 Å². The predicted octanol–water partition coefficient (Wildman–Crippen LogP) is 3.00. The van der Waals surface area contributed by atoms with Crippen molar-refractivity contribution in [2.24, 2.45) is 5.73 Å². The maximum atomic E-state index is 14.3. The molecule has 1 aliphatic carbocycles. The minimum Gasteiger partial charge on any atom is -0.508 e. The van der Waals surface area contributed by atoms with Gasteiger partial charge in [0.1, 0.15) is 11.6 Å². The third kappa shape index (κ3) is 2.04. The Hall–Kier alpha value is -1.09. The summed E-state index contributed by atoms with van der Waals surface area (Å²) in [5, 5.41) is 9.97. The normalized spacial score (nSPS) is 19.2. The number of benzene rings is 1. The lowest BCUT2D eigenvalue weighted by atomic mass is 9.68. The summed E-state index contributed by atoms with van der Waals surface area (Å²) in [5.41, 5.74) is 6.54. The maximum absolute atomic E-state index is 14.3. The van der Waals surface area contributed by atoms with Crippen LogP contribution in [-0.4, -0.2) is 11.7 Å². The number of aromatic hydroxyl groups is 1. The number of phenols is 1. The van der Waals surface area contributed by atoms with E-state index in [1.807, 2.05) is 0 Å². The monoisotopic (exact) mass is 237 g/mol. The van der Waals surface area contributed by atoms with E-state index in [4.69, 9.17) is 5.73 Å². The molecule has 3 heteroatoms. The zero-order chi connectivity index (χ0) is 12.5. The molecule has 0 amide bonds. The van der Waals surface area contributed by atoms with Crippen LogP contribution in [0.3, 0.4) is 0 Å². The molecule has 1 fully saturated rings. The number of aryl methyl sites for hydroxylation is 1. The highest BCUT2D eigenvalue weighted by Crippen LogP contribution is 2.44. The highest BCUT2D eigenvalue weighted by atomic mass is 19.1. The number of phenolic OH excluding ortho intramolecular Hbond substituents is 1. The van der Waals surface area contributed by atoms with Crippen molar-refractivity contribution in [3.05, 3.63) is 29.1 Å². The van der Waals surface area contributed by atoms with Gasteiger partial charge in [0.25, 0.3) is 0 Å². The number of halogens is 1. The van der Waals surface area contributed by atoms with Crippen LogP contribution in [0.15, 0.2) is 12.1 Å². The standard InChI is InChI=1S/C14H20FNO/c1-10-5-6-11(17)12(13(10)15)14(9-16)7-3-2-4-8-14/h5-6,17H,2-4,7-9,16H2,1H3. The van der Waals surface area contributed by atoms with Gasteiger partial charge >= 0.3 is 0 Å². The van der Waals surface area contributed by atoms with Gasteiger partial charge < -0.3 is 10.8 Å². The zero-order valence-corrected chi connectivity index (χ0v) is 10.3. The van der Waals surface area contributed by atoms with Crippen LogP contribution in [0.5, 0.6) is 5.75 Å². The zero-order valence-electron chi connectivity index (χ0n) is 10.3. The lowest BCUT2D eigenvalue weighted by Gasteiger charge is -2.37. The molecule has 0 spiro atoms. The Balaban J connectivity index is 2.53. The second kappa shape index (κ2) is 4.65. The number of rotatable bonds is 2. The van der Waals surface area contributed by atoms with Crippen LogP contribution in [0, 0.1) is 12.7 Å². The van der Waals surface area contributed by atoms with Crippen molar-refractivity contribution in [2.75, 3.05) is 6.54 Å². The van der Waals surface area contributed by atoms with Crippen molar-refractivity contribution < 1.29 is 9.50 Å². The highest BCUT2D eigenvalue weighted by Gasteiger charge is 2.37. The average Bonchev–Trinajstić information content (AvgIpc) is 2.35. The van der Waals surface area contributed by atoms with Crippen LogP contribution in [0.4, 0.5) is 4.39 Å². The first-order chi connectivity index (χ1) is 8.10. The number of hydrogen-bond donors (Lipinski definition) is 2. The van der Waals surface area contributed by atoms with E-state index >= 15 is 0 Å². The van der Waals surface area contributed by atoms with Crippen molar-refractivity contribution in [3.8, 4) is 5.75 Å². The van der Waals surface area contributed by atoms with Crippen LogP contribution in [0.25, 0.3) is 0 Å². The van der Waals surface area contributed by atoms with E-state index in [1.54, 1.807) is 19.1 Å². The molecule has 0 atom stereocenters. The van der Waals surface area contributed by atoms with Crippen molar-refractivity contribution in [1.82, 2.24) is 0 Å². The molecule has 2 nitrogen and oxygen atoms in total. The maximum Gasteiger partial charge on any atom is 0.133 e. The van der Waals surface area contributed by atoms with Gasteiger partial charge in [-0.25, -0.2) is 4.39 Å². The van der Waals surface area contributed by atoms with Gasteiger partial charge in [-0.15, -0.1) is 0 Å². The quantitative estimate of drug-likeness (QED) is 0.830. The first kappa shape index (κ1) is 12.4. The Bertz CT molecular complexity index is 411. The lowest BCUT2D eigenvalue weighted by Crippen LogP contribution is -2.38. The fourth-order valence-electron chi connectivity index (χ4n) is 2.96. The molecule has 0 aromatic heterocycles. The van der Waals surface area contributed by atoms with Crippen LogP contribution >= 0.6 is 0 Å². The molecule has 1 aromatic carbocycles. The van der Waals surface area contributed by atoms with E-state index in [-0.39, 0.29) is 17.0 Å². The molecule has 1 aliphatic rings. The van der Waals surface area contributed by atoms with Crippen molar-refractivity contribution in [2.45, 2.75) is 44.4 Å². The topological polar surface area (TPSA) is 46.2 Å². The van der Waals surface area contributed by atoms with Gasteiger partial charge in [0, 0.05) is 17.5 Å². The van der Waals surface area contributed by atoms with Gasteiger partial charge in [0.2, 0.25) is 0 Å². The van der Waals surface area contributed by atoms with E-state index < -0.39 is 0 Å². The van der Waals surface area contributed by atoms with Crippen molar-refractivity contribution in [1.29, 1.82) is 0 Å². The Morgan fingerprint density at radius 3 is 2.53 bits per heavy atom. The van der Waals surface area contributed by atoms with Gasteiger partial charge in [-0.2, -0.15) is 0 Å². The largest absolute Gasteiger partial charge is 0.508 e. The molecule has 1 aromatic rings. The molecule has 94 valence electrons. The van der Waals surface area contributed by atoms with Crippen LogP contribution in [-0.2, 0) is 5.41 Å². The Morgan fingerprint density at radius 2 is 1.94 bits per heavy atom. The summed E-state index contributed by atoms with van der Waals surface area (Å²) < 4.78 is 14.3. The third-order valence-corrected chi connectivity index (χ3v) is 4.04. The second-order valence-corrected chi connectivity index (χ2v) is 5.14. The Labute approximate surface area is 102 Å². The molecule has 0 unspecified atom stereocenters. The van der Waals surface area contributed by atoms with Gasteiger partial charge in [-0.05, 0) is 31.4 Å². The molecule has 0 radical (unpaired) electrons. The van der Waals surface area contributed by atoms with Crippen molar-refractivity contribution >= 4 is 0 Å². The molecule has 2 rings (SSSR count). The number of nitrogens with two attached hydrogens (primary N) is 1. The summed E-state index contributed by atoms with van der Waals surface area (Å²) >= 11 is 0. The molecular formula is C14H20FNO. The molecule has 3 N–H and O–H groups in total. The van der Waals surface area contributed by atoms with E-state index in [0.29, 0.717) is 17.7 Å². The van der Waals surface area contributed by atoms with Gasteiger partial charge in [0.05, 0.1) is 0 Å². The summed E-state index contributed by atoms with van der Waals surface area (Å²) in [4.78, 5) is 0. The molecule has 0 aliphatic heterocycles. The minimum atomic E-state index is -0.363. The molecule has 17 heavy (non-hydrogen) atoms. The average molecular weight is 237 g/mol. The van der Waals surface area contributed by atoms with Crippen LogP contribution in [0.2, 0.25) is 0 Å². The molecule has 1 saturated carbocycles. The van der Waals surface area contributed by atoms with Crippen LogP contribution in [0.1, 0.15) is 43.2 Å². The summed E-state index contributed by atoms with van der Waals surface area (Å²) in [7, 11) is 0. The Kier molecular flexibility index (Phi) is 3.38. The summed E-state index contributed by atoms with van der Waals surface area (Å²) in [5.74, 6) is -0.224. The highest BCUT2D eigenvalue weighted by molar-refractivity contribution is 5.43. The fraction of sp³-hybridized carbons (Fsp3) is 0.571. The predicted molar refractivity (Wildman–Crippen MR) is 66.6 cm³/mol. The summed E-state index contributed by atoms with van der Waals surface area (Å²) in [6.07, 6.45) is 5.04. The first-order valence-corrected chi connectivity index (χ1v) is 6.29. The molecule has 0 bridgehead atoms. The summed E-state index contributed by atoms with van der Waals surface area (Å²) in [6.45, 7) is 2.13. The molecule has 0 heterocycles. The second-order valence-electron chi connectivity index (χ2n) is 5.14. The SMILES string of the molecule is Cc1ccc(O)c(C2(CN)CCCCC2)c1F. The van der Waals surface area contributed by atoms with E-state index in [1.165, 1.54) is 6.42 Å². The number of hydrogen-bond acceptors (Lipinski definition) is 2.